The number of hydrogen-bond donors (Lipinski definition) is 3. The number of aliphatic hydroxyl groups is 1. The van der Waals surface area contributed by atoms with Crippen molar-refractivity contribution in [1.82, 2.24) is 10.6 Å². The fourth-order valence-electron chi connectivity index (χ4n) is 3.52. The van der Waals surface area contributed by atoms with Crippen molar-refractivity contribution in [2.45, 2.75) is 0 Å². The van der Waals surface area contributed by atoms with Gasteiger partial charge in [0.2, 0.25) is 0 Å². The van der Waals surface area contributed by atoms with Gasteiger partial charge in [-0.15, -0.1) is 12.4 Å². The predicted molar refractivity (Wildman–Crippen MR) is 134 cm³/mol. The number of rotatable bonds is 3. The predicted octanol–water partition coefficient (Wildman–Crippen LogP) is 1.88. The van der Waals surface area contributed by atoms with E-state index in [1.807, 2.05) is 48.5 Å². The summed E-state index contributed by atoms with van der Waals surface area (Å²) in [6, 6.07) is 17.5. The van der Waals surface area contributed by atoms with Crippen molar-refractivity contribution in [2.24, 2.45) is 0 Å². The number of halogens is 1. The normalized spacial score (nSPS) is 14.8. The van der Waals surface area contributed by atoms with Gasteiger partial charge < -0.3 is 30.3 Å². The van der Waals surface area contributed by atoms with Gasteiger partial charge in [-0.1, -0.05) is 0 Å². The number of benzene rings is 2. The Kier molecular flexibility index (Phi) is 13.6. The van der Waals surface area contributed by atoms with Gasteiger partial charge in [-0.3, -0.25) is 0 Å². The quantitative estimate of drug-likeness (QED) is 0.578. The second kappa shape index (κ2) is 15.9. The summed E-state index contributed by atoms with van der Waals surface area (Å²) in [6.07, 6.45) is 0. The van der Waals surface area contributed by atoms with Crippen molar-refractivity contribution >= 4 is 29.8 Å². The van der Waals surface area contributed by atoms with Gasteiger partial charge in [0.1, 0.15) is 0 Å². The lowest BCUT2D eigenvalue weighted by atomic mass is 10.2. The Hall–Kier alpha value is -2.83. The lowest BCUT2D eigenvalue weighted by molar-refractivity contribution is 0.0600. The number of esters is 1. The van der Waals surface area contributed by atoms with Crippen LogP contribution in [0.15, 0.2) is 48.5 Å². The van der Waals surface area contributed by atoms with E-state index in [1.54, 1.807) is 0 Å². The van der Waals surface area contributed by atoms with E-state index in [0.29, 0.717) is 5.56 Å². The first-order chi connectivity index (χ1) is 15.7. The van der Waals surface area contributed by atoms with Crippen LogP contribution in [0.2, 0.25) is 0 Å². The zero-order valence-corrected chi connectivity index (χ0v) is 20.1. The van der Waals surface area contributed by atoms with Crippen LogP contribution in [0.1, 0.15) is 15.9 Å². The van der Waals surface area contributed by atoms with Crippen LogP contribution in [-0.4, -0.2) is 77.7 Å². The third-order valence-electron chi connectivity index (χ3n) is 5.25. The Labute approximate surface area is 202 Å². The highest BCUT2D eigenvalue weighted by Crippen LogP contribution is 2.16. The molecule has 0 amide bonds. The molecule has 2 heterocycles. The summed E-state index contributed by atoms with van der Waals surface area (Å²) < 4.78 is 4.66. The summed E-state index contributed by atoms with van der Waals surface area (Å²) in [6.45, 7) is 8.23. The van der Waals surface area contributed by atoms with Gasteiger partial charge >= 0.3 is 5.97 Å². The minimum Gasteiger partial charge on any atom is -0.465 e. The van der Waals surface area contributed by atoms with Crippen LogP contribution in [0.25, 0.3) is 0 Å². The Morgan fingerprint density at radius 1 is 0.848 bits per heavy atom. The third-order valence-corrected chi connectivity index (χ3v) is 5.25. The number of ether oxygens (including phenoxy) is 1. The highest BCUT2D eigenvalue weighted by molar-refractivity contribution is 5.89. The Bertz CT molecular complexity index is 844. The average Bonchev–Trinajstić information content (AvgIpc) is 2.91. The lowest BCUT2D eigenvalue weighted by Gasteiger charge is -2.29. The molecule has 2 saturated heterocycles. The minimum absolute atomic E-state index is 0. The first-order valence-corrected chi connectivity index (χ1v) is 10.8. The molecule has 180 valence electrons. The van der Waals surface area contributed by atoms with E-state index < -0.39 is 0 Å². The molecule has 0 spiro atoms. The third kappa shape index (κ3) is 8.91. The van der Waals surface area contributed by atoms with E-state index in [9.17, 15) is 4.79 Å². The molecule has 2 aromatic carbocycles. The van der Waals surface area contributed by atoms with Crippen LogP contribution in [0, 0.1) is 11.3 Å². The van der Waals surface area contributed by atoms with Gasteiger partial charge in [-0.2, -0.15) is 5.26 Å². The molecule has 0 bridgehead atoms. The van der Waals surface area contributed by atoms with Crippen molar-refractivity contribution in [3.05, 3.63) is 59.7 Å². The second-order valence-electron chi connectivity index (χ2n) is 7.17. The number of hydrogen-bond acceptors (Lipinski definition) is 8. The zero-order valence-electron chi connectivity index (χ0n) is 19.3. The highest BCUT2D eigenvalue weighted by Gasteiger charge is 2.11. The van der Waals surface area contributed by atoms with Crippen LogP contribution >= 0.6 is 12.4 Å². The summed E-state index contributed by atoms with van der Waals surface area (Å²) in [5, 5.41) is 22.3. The van der Waals surface area contributed by atoms with Gasteiger partial charge in [0.05, 0.1) is 24.3 Å². The SMILES string of the molecule is CO.COC(=O)c1ccc(N2CCNCC2)cc1.Cl.N#Cc1ccc(N2CCNCC2)cc1. The molecule has 2 aliphatic rings. The van der Waals surface area contributed by atoms with Crippen molar-refractivity contribution < 1.29 is 14.6 Å². The fourth-order valence-corrected chi connectivity index (χ4v) is 3.52. The number of carbonyl (C=O) groups is 1. The van der Waals surface area contributed by atoms with Gasteiger partial charge in [0.25, 0.3) is 0 Å². The number of nitrogens with one attached hydrogen (secondary N) is 2. The number of aliphatic hydroxyl groups excluding tert-OH is 1. The van der Waals surface area contributed by atoms with E-state index in [0.717, 1.165) is 70.7 Å². The molecule has 9 heteroatoms. The summed E-state index contributed by atoms with van der Waals surface area (Å²) in [5.74, 6) is -0.285. The average molecular weight is 476 g/mol. The number of methoxy groups -OCH3 is 1. The Balaban J connectivity index is 0.000000301. The number of carbonyl (C=O) groups excluding carboxylic acids is 1. The summed E-state index contributed by atoms with van der Waals surface area (Å²) in [7, 11) is 2.40. The molecule has 0 aliphatic carbocycles. The van der Waals surface area contributed by atoms with Crippen molar-refractivity contribution in [2.75, 3.05) is 76.4 Å². The maximum Gasteiger partial charge on any atom is 0.337 e. The zero-order chi connectivity index (χ0) is 23.2. The number of piperazine rings is 2. The molecule has 0 saturated carbocycles. The van der Waals surface area contributed by atoms with E-state index in [-0.39, 0.29) is 18.4 Å². The van der Waals surface area contributed by atoms with Crippen LogP contribution in [0.4, 0.5) is 11.4 Å². The monoisotopic (exact) mass is 475 g/mol. The number of nitrogens with zero attached hydrogens (tertiary/aromatic N) is 3. The molecule has 2 fully saturated rings. The molecule has 0 aromatic heterocycles. The molecule has 33 heavy (non-hydrogen) atoms. The Morgan fingerprint density at radius 3 is 1.61 bits per heavy atom. The van der Waals surface area contributed by atoms with Gasteiger partial charge in [-0.05, 0) is 48.5 Å². The molecule has 0 atom stereocenters. The molecule has 2 aromatic rings. The van der Waals surface area contributed by atoms with Crippen molar-refractivity contribution in [1.29, 1.82) is 5.26 Å². The molecule has 4 rings (SSSR count). The maximum absolute atomic E-state index is 11.3. The van der Waals surface area contributed by atoms with E-state index >= 15 is 0 Å². The Morgan fingerprint density at radius 2 is 1.24 bits per heavy atom. The van der Waals surface area contributed by atoms with E-state index in [2.05, 4.69) is 31.2 Å². The van der Waals surface area contributed by atoms with Crippen LogP contribution in [0.5, 0.6) is 0 Å². The number of anilines is 2. The molecule has 8 nitrogen and oxygen atoms in total. The first-order valence-electron chi connectivity index (χ1n) is 10.8. The molecule has 2 aliphatic heterocycles. The molecule has 0 unspecified atom stereocenters. The van der Waals surface area contributed by atoms with Crippen LogP contribution in [0.3, 0.4) is 0 Å². The van der Waals surface area contributed by atoms with Crippen molar-refractivity contribution in [3.63, 3.8) is 0 Å². The fraction of sp³-hybridized carbons (Fsp3) is 0.417. The lowest BCUT2D eigenvalue weighted by Crippen LogP contribution is -2.43. The smallest absolute Gasteiger partial charge is 0.337 e. The highest BCUT2D eigenvalue weighted by atomic mass is 35.5. The summed E-state index contributed by atoms with van der Waals surface area (Å²) in [5.41, 5.74) is 3.70. The largest absolute Gasteiger partial charge is 0.465 e. The molecular weight excluding hydrogens is 442 g/mol. The van der Waals surface area contributed by atoms with Crippen LogP contribution in [-0.2, 0) is 4.74 Å². The van der Waals surface area contributed by atoms with Gasteiger partial charge in [0.15, 0.2) is 0 Å². The van der Waals surface area contributed by atoms with E-state index in [1.165, 1.54) is 12.8 Å². The molecule has 0 radical (unpaired) electrons. The minimum atomic E-state index is -0.285. The topological polar surface area (TPSA) is 101 Å². The molecule has 3 N–H and O–H groups in total. The molecular formula is C24H34ClN5O3. The second-order valence-corrected chi connectivity index (χ2v) is 7.17. The standard InChI is InChI=1S/C12H16N2O2.C11H13N3.CH4O.ClH/c1-16-12(15)10-2-4-11(5-3-10)14-8-6-13-7-9-14;12-9-10-1-3-11(4-2-10)14-7-5-13-6-8-14;1-2;/h2-5,13H,6-9H2,1H3;1-4,13H,5-8H2;2H,1H3;1H. The maximum atomic E-state index is 11.3. The number of nitriles is 1. The first kappa shape index (κ1) is 28.2. The van der Waals surface area contributed by atoms with E-state index in [4.69, 9.17) is 10.4 Å². The van der Waals surface area contributed by atoms with Gasteiger partial charge in [-0.25, -0.2) is 4.79 Å². The summed E-state index contributed by atoms with van der Waals surface area (Å²) >= 11 is 0. The summed E-state index contributed by atoms with van der Waals surface area (Å²) in [4.78, 5) is 15.9. The van der Waals surface area contributed by atoms with Crippen molar-refractivity contribution in [3.8, 4) is 6.07 Å². The van der Waals surface area contributed by atoms with Gasteiger partial charge in [0, 0.05) is 70.8 Å². The van der Waals surface area contributed by atoms with Crippen LogP contribution < -0.4 is 20.4 Å².